The van der Waals surface area contributed by atoms with Crippen molar-refractivity contribution in [3.8, 4) is 11.4 Å². The average molecular weight is 270 g/mol. The number of nitrogens with one attached hydrogen (secondary N) is 1. The van der Waals surface area contributed by atoms with Crippen molar-refractivity contribution in [1.82, 2.24) is 29.5 Å². The van der Waals surface area contributed by atoms with Crippen molar-refractivity contribution in [2.75, 3.05) is 13.3 Å². The van der Waals surface area contributed by atoms with Gasteiger partial charge in [-0.15, -0.1) is 9.19 Å². The first-order valence-corrected chi connectivity index (χ1v) is 7.08. The molecular weight excluding hydrogens is 256 g/mol. The van der Waals surface area contributed by atoms with Crippen molar-refractivity contribution in [2.45, 2.75) is 6.54 Å². The van der Waals surface area contributed by atoms with Crippen LogP contribution in [-0.2, 0) is 23.6 Å². The van der Waals surface area contributed by atoms with Crippen LogP contribution >= 0.6 is 0 Å². The van der Waals surface area contributed by atoms with Gasteiger partial charge in [-0.25, -0.2) is 8.42 Å². The zero-order valence-electron chi connectivity index (χ0n) is 10.3. The molecule has 0 saturated carbocycles. The summed E-state index contributed by atoms with van der Waals surface area (Å²) < 4.78 is 25.9. The van der Waals surface area contributed by atoms with Crippen LogP contribution in [0.1, 0.15) is 5.69 Å². The van der Waals surface area contributed by atoms with Crippen molar-refractivity contribution < 1.29 is 8.42 Å². The maximum atomic E-state index is 11.7. The molecule has 0 unspecified atom stereocenters. The van der Waals surface area contributed by atoms with E-state index < -0.39 is 10.0 Å². The first kappa shape index (κ1) is 12.7. The van der Waals surface area contributed by atoms with Gasteiger partial charge in [0.25, 0.3) is 10.0 Å². The molecule has 0 fully saturated rings. The van der Waals surface area contributed by atoms with E-state index in [9.17, 15) is 8.42 Å². The molecule has 2 aromatic heterocycles. The summed E-state index contributed by atoms with van der Waals surface area (Å²) in [5.74, 6) is 0. The highest BCUT2D eigenvalue weighted by Crippen LogP contribution is 2.22. The maximum Gasteiger partial charge on any atom is 0.252 e. The Labute approximate surface area is 105 Å². The second-order valence-corrected chi connectivity index (χ2v) is 5.67. The Kier molecular flexibility index (Phi) is 3.18. The van der Waals surface area contributed by atoms with Gasteiger partial charge in [0.1, 0.15) is 11.4 Å². The van der Waals surface area contributed by atoms with Crippen LogP contribution in [0.4, 0.5) is 0 Å². The highest BCUT2D eigenvalue weighted by molar-refractivity contribution is 7.89. The molecule has 0 bridgehead atoms. The molecular formula is C9H14N6O2S. The topological polar surface area (TPSA) is 94.7 Å². The van der Waals surface area contributed by atoms with E-state index in [2.05, 4.69) is 20.7 Å². The molecule has 0 aromatic carbocycles. The fraction of sp³-hybridized carbons (Fsp3) is 0.444. The molecule has 2 heterocycles. The normalized spacial score (nSPS) is 11.9. The van der Waals surface area contributed by atoms with Crippen LogP contribution in [0.3, 0.4) is 0 Å². The standard InChI is InChI=1S/C9H14N6O2S/c1-10-6-7-9(8-4-5-11-14(8)2)15(13-12-7)18(3,16)17/h4-5,10H,6H2,1-3H3. The van der Waals surface area contributed by atoms with E-state index in [1.807, 2.05) is 0 Å². The third kappa shape index (κ3) is 2.14. The van der Waals surface area contributed by atoms with E-state index in [1.165, 1.54) is 0 Å². The van der Waals surface area contributed by atoms with Crippen LogP contribution in [0, 0.1) is 0 Å². The minimum Gasteiger partial charge on any atom is -0.314 e. The van der Waals surface area contributed by atoms with E-state index >= 15 is 0 Å². The minimum atomic E-state index is -3.50. The molecule has 8 nitrogen and oxygen atoms in total. The van der Waals surface area contributed by atoms with E-state index in [0.29, 0.717) is 23.6 Å². The van der Waals surface area contributed by atoms with Crippen molar-refractivity contribution in [2.24, 2.45) is 7.05 Å². The highest BCUT2D eigenvalue weighted by atomic mass is 32.2. The van der Waals surface area contributed by atoms with Gasteiger partial charge in [-0.05, 0) is 13.1 Å². The first-order valence-electron chi connectivity index (χ1n) is 5.23. The van der Waals surface area contributed by atoms with Gasteiger partial charge >= 0.3 is 0 Å². The Bertz CT molecular complexity index is 656. The lowest BCUT2D eigenvalue weighted by molar-refractivity contribution is 0.584. The summed E-state index contributed by atoms with van der Waals surface area (Å²) >= 11 is 0. The van der Waals surface area contributed by atoms with Crippen molar-refractivity contribution in [3.05, 3.63) is 18.0 Å². The first-order chi connectivity index (χ1) is 8.45. The van der Waals surface area contributed by atoms with Crippen molar-refractivity contribution >= 4 is 10.0 Å². The van der Waals surface area contributed by atoms with Crippen LogP contribution in [0.25, 0.3) is 11.4 Å². The molecule has 0 saturated heterocycles. The predicted molar refractivity (Wildman–Crippen MR) is 65.2 cm³/mol. The van der Waals surface area contributed by atoms with Gasteiger partial charge in [-0.3, -0.25) is 4.68 Å². The van der Waals surface area contributed by atoms with Gasteiger partial charge in [-0.2, -0.15) is 5.10 Å². The summed E-state index contributed by atoms with van der Waals surface area (Å²) in [6, 6.07) is 1.72. The third-order valence-electron chi connectivity index (χ3n) is 2.43. The number of hydrogen-bond donors (Lipinski definition) is 1. The summed E-state index contributed by atoms with van der Waals surface area (Å²) in [6.45, 7) is 0.427. The molecule has 0 atom stereocenters. The monoisotopic (exact) mass is 270 g/mol. The van der Waals surface area contributed by atoms with Gasteiger partial charge in [0.15, 0.2) is 0 Å². The summed E-state index contributed by atoms with van der Waals surface area (Å²) in [5, 5.41) is 14.6. The minimum absolute atomic E-state index is 0.427. The van der Waals surface area contributed by atoms with Crippen molar-refractivity contribution in [3.63, 3.8) is 0 Å². The van der Waals surface area contributed by atoms with Gasteiger partial charge in [-0.1, -0.05) is 5.21 Å². The molecule has 0 spiro atoms. The summed E-state index contributed by atoms with van der Waals surface area (Å²) in [4.78, 5) is 0. The molecule has 2 rings (SSSR count). The highest BCUT2D eigenvalue weighted by Gasteiger charge is 2.22. The average Bonchev–Trinajstić information content (AvgIpc) is 2.83. The summed E-state index contributed by atoms with van der Waals surface area (Å²) in [7, 11) is -0.00892. The maximum absolute atomic E-state index is 11.7. The van der Waals surface area contributed by atoms with E-state index in [-0.39, 0.29) is 0 Å². The number of rotatable bonds is 4. The van der Waals surface area contributed by atoms with Gasteiger partial charge in [0.2, 0.25) is 0 Å². The Morgan fingerprint density at radius 1 is 1.44 bits per heavy atom. The Morgan fingerprint density at radius 3 is 2.67 bits per heavy atom. The van der Waals surface area contributed by atoms with Crippen LogP contribution in [0.15, 0.2) is 12.3 Å². The molecule has 1 N–H and O–H groups in total. The van der Waals surface area contributed by atoms with E-state index in [1.54, 1.807) is 31.0 Å². The van der Waals surface area contributed by atoms with Crippen LogP contribution in [0.2, 0.25) is 0 Å². The SMILES string of the molecule is CNCc1nnn(S(C)(=O)=O)c1-c1ccnn1C. The van der Waals surface area contributed by atoms with Gasteiger partial charge < -0.3 is 5.32 Å². The quantitative estimate of drug-likeness (QED) is 0.782. The molecule has 0 radical (unpaired) electrons. The number of aromatic nitrogens is 5. The lowest BCUT2D eigenvalue weighted by Crippen LogP contribution is -2.15. The molecule has 98 valence electrons. The van der Waals surface area contributed by atoms with Crippen LogP contribution in [0.5, 0.6) is 0 Å². The number of hydrogen-bond acceptors (Lipinski definition) is 6. The third-order valence-corrected chi connectivity index (χ3v) is 3.32. The van der Waals surface area contributed by atoms with Crippen LogP contribution < -0.4 is 5.32 Å². The predicted octanol–water partition coefficient (Wildman–Crippen LogP) is -0.794. The lowest BCUT2D eigenvalue weighted by atomic mass is 10.2. The zero-order valence-corrected chi connectivity index (χ0v) is 11.1. The molecule has 18 heavy (non-hydrogen) atoms. The fourth-order valence-corrected chi connectivity index (χ4v) is 2.37. The Balaban J connectivity index is 2.69. The Hall–Kier alpha value is -1.74. The Morgan fingerprint density at radius 2 is 2.17 bits per heavy atom. The molecule has 0 aliphatic carbocycles. The summed E-state index contributed by atoms with van der Waals surface area (Å²) in [5.41, 5.74) is 1.65. The van der Waals surface area contributed by atoms with Crippen LogP contribution in [-0.4, -0.2) is 45.9 Å². The smallest absolute Gasteiger partial charge is 0.252 e. The second kappa shape index (κ2) is 4.50. The van der Waals surface area contributed by atoms with Gasteiger partial charge in [0.05, 0.1) is 11.9 Å². The zero-order chi connectivity index (χ0) is 13.3. The van der Waals surface area contributed by atoms with Crippen molar-refractivity contribution in [1.29, 1.82) is 0 Å². The summed E-state index contributed by atoms with van der Waals surface area (Å²) in [6.07, 6.45) is 2.68. The number of nitrogens with zero attached hydrogens (tertiary/aromatic N) is 5. The van der Waals surface area contributed by atoms with E-state index in [4.69, 9.17) is 0 Å². The van der Waals surface area contributed by atoms with Gasteiger partial charge in [0, 0.05) is 19.8 Å². The molecule has 0 aliphatic rings. The largest absolute Gasteiger partial charge is 0.314 e. The second-order valence-electron chi connectivity index (χ2n) is 3.86. The lowest BCUT2D eigenvalue weighted by Gasteiger charge is -2.06. The fourth-order valence-electron chi connectivity index (χ4n) is 1.67. The molecule has 0 amide bonds. The molecule has 9 heteroatoms. The molecule has 0 aliphatic heterocycles. The number of aryl methyl sites for hydroxylation is 1. The van der Waals surface area contributed by atoms with E-state index in [0.717, 1.165) is 10.3 Å². The molecule has 2 aromatic rings.